The number of carboxylic acids is 2. The van der Waals surface area contributed by atoms with Crippen molar-refractivity contribution in [3.05, 3.63) is 47.3 Å². The van der Waals surface area contributed by atoms with Gasteiger partial charge in [-0.1, -0.05) is 0 Å². The van der Waals surface area contributed by atoms with Crippen molar-refractivity contribution in [1.82, 2.24) is 9.78 Å². The average Bonchev–Trinajstić information content (AvgIpc) is 2.83. The van der Waals surface area contributed by atoms with Gasteiger partial charge in [-0.3, -0.25) is 0 Å². The van der Waals surface area contributed by atoms with Crippen LogP contribution >= 0.6 is 0 Å². The highest BCUT2D eigenvalue weighted by Gasteiger charge is 2.14. The second kappa shape index (κ2) is 5.54. The van der Waals surface area contributed by atoms with Crippen molar-refractivity contribution in [3.8, 4) is 5.69 Å². The van der Waals surface area contributed by atoms with Gasteiger partial charge in [-0.25, -0.2) is 14.3 Å². The third-order valence-corrected chi connectivity index (χ3v) is 2.65. The lowest BCUT2D eigenvalue weighted by molar-refractivity contribution is 0.0682. The summed E-state index contributed by atoms with van der Waals surface area (Å²) in [5, 5.41) is 21.8. The maximum atomic E-state index is 11.0. The first-order valence-electron chi connectivity index (χ1n) is 5.68. The Morgan fingerprint density at radius 2 is 1.85 bits per heavy atom. The molecule has 1 heterocycles. The van der Waals surface area contributed by atoms with Crippen molar-refractivity contribution in [2.45, 2.75) is 6.61 Å². The molecule has 0 unspecified atom stereocenters. The maximum Gasteiger partial charge on any atom is 0.356 e. The minimum atomic E-state index is -1.14. The molecule has 0 fully saturated rings. The molecule has 0 aliphatic heterocycles. The van der Waals surface area contributed by atoms with Gasteiger partial charge in [0, 0.05) is 7.11 Å². The van der Waals surface area contributed by atoms with Gasteiger partial charge >= 0.3 is 11.9 Å². The Hall–Kier alpha value is -2.67. The van der Waals surface area contributed by atoms with Gasteiger partial charge < -0.3 is 14.9 Å². The van der Waals surface area contributed by atoms with Crippen LogP contribution in [0.1, 0.15) is 26.5 Å². The van der Waals surface area contributed by atoms with Crippen molar-refractivity contribution in [3.63, 3.8) is 0 Å². The second-order valence-corrected chi connectivity index (χ2v) is 4.02. The molecular weight excluding hydrogens is 264 g/mol. The average molecular weight is 276 g/mol. The van der Waals surface area contributed by atoms with Gasteiger partial charge in [0.05, 0.1) is 23.6 Å². The molecule has 7 nitrogen and oxygen atoms in total. The Morgan fingerprint density at radius 3 is 2.35 bits per heavy atom. The first-order chi connectivity index (χ1) is 9.52. The Morgan fingerprint density at radius 1 is 1.20 bits per heavy atom. The zero-order valence-corrected chi connectivity index (χ0v) is 10.6. The largest absolute Gasteiger partial charge is 0.478 e. The molecule has 0 radical (unpaired) electrons. The highest BCUT2D eigenvalue weighted by molar-refractivity contribution is 5.88. The van der Waals surface area contributed by atoms with Crippen LogP contribution in [0.15, 0.2) is 30.3 Å². The number of carbonyl (C=O) groups is 2. The molecule has 0 bridgehead atoms. The lowest BCUT2D eigenvalue weighted by Gasteiger charge is -2.06. The van der Waals surface area contributed by atoms with Crippen LogP contribution in [0.25, 0.3) is 5.69 Å². The predicted octanol–water partition coefficient (Wildman–Crippen LogP) is 1.42. The predicted molar refractivity (Wildman–Crippen MR) is 68.2 cm³/mol. The molecule has 0 amide bonds. The molecule has 0 atom stereocenters. The number of methoxy groups -OCH3 is 1. The molecule has 7 heteroatoms. The Bertz CT molecular complexity index is 645. The molecule has 20 heavy (non-hydrogen) atoms. The number of hydrogen-bond acceptors (Lipinski definition) is 4. The zero-order valence-electron chi connectivity index (χ0n) is 10.6. The summed E-state index contributed by atoms with van der Waals surface area (Å²) in [7, 11) is 1.49. The van der Waals surface area contributed by atoms with E-state index in [1.54, 1.807) is 12.1 Å². The fourth-order valence-corrected chi connectivity index (χ4v) is 1.74. The summed E-state index contributed by atoms with van der Waals surface area (Å²) in [4.78, 5) is 21.7. The fraction of sp³-hybridized carbons (Fsp3) is 0.154. The molecule has 0 aliphatic carbocycles. The second-order valence-electron chi connectivity index (χ2n) is 4.02. The van der Waals surface area contributed by atoms with E-state index in [0.29, 0.717) is 11.4 Å². The Kier molecular flexibility index (Phi) is 3.81. The van der Waals surface area contributed by atoms with Gasteiger partial charge in [-0.15, -0.1) is 0 Å². The Labute approximate surface area is 114 Å². The van der Waals surface area contributed by atoms with Gasteiger partial charge in [0.15, 0.2) is 5.69 Å². The summed E-state index contributed by atoms with van der Waals surface area (Å²) in [6, 6.07) is 7.38. The first kappa shape index (κ1) is 13.8. The zero-order chi connectivity index (χ0) is 14.7. The third-order valence-electron chi connectivity index (χ3n) is 2.65. The van der Waals surface area contributed by atoms with Gasteiger partial charge in [0.2, 0.25) is 0 Å². The van der Waals surface area contributed by atoms with Gasteiger partial charge in [-0.05, 0) is 30.3 Å². The minimum Gasteiger partial charge on any atom is -0.478 e. The molecule has 2 aromatic rings. The number of aromatic nitrogens is 2. The fourth-order valence-electron chi connectivity index (χ4n) is 1.74. The monoisotopic (exact) mass is 276 g/mol. The topological polar surface area (TPSA) is 102 Å². The standard InChI is InChI=1S/C13H12N2O5/c1-20-7-10-6-11(13(18)19)14-15(10)9-4-2-8(3-5-9)12(16)17/h2-6H,7H2,1H3,(H,16,17)(H,18,19). The summed E-state index contributed by atoms with van der Waals surface area (Å²) in [5.41, 5.74) is 1.18. The van der Waals surface area contributed by atoms with Crippen LogP contribution in [0.5, 0.6) is 0 Å². The van der Waals surface area contributed by atoms with Crippen LogP contribution in [0.3, 0.4) is 0 Å². The highest BCUT2D eigenvalue weighted by Crippen LogP contribution is 2.15. The summed E-state index contributed by atoms with van der Waals surface area (Å²) < 4.78 is 6.41. The minimum absolute atomic E-state index is 0.0978. The molecule has 0 saturated carbocycles. The van der Waals surface area contributed by atoms with E-state index in [0.717, 1.165) is 0 Å². The smallest absolute Gasteiger partial charge is 0.356 e. The van der Waals surface area contributed by atoms with Gasteiger partial charge in [0.25, 0.3) is 0 Å². The van der Waals surface area contributed by atoms with E-state index in [9.17, 15) is 9.59 Å². The van der Waals surface area contributed by atoms with E-state index >= 15 is 0 Å². The maximum absolute atomic E-state index is 11.0. The van der Waals surface area contributed by atoms with Crippen LogP contribution in [0, 0.1) is 0 Å². The number of carboxylic acid groups (broad SMARTS) is 2. The summed E-state index contributed by atoms with van der Waals surface area (Å²) in [6.45, 7) is 0.195. The number of hydrogen-bond donors (Lipinski definition) is 2. The van der Waals surface area contributed by atoms with Crippen LogP contribution < -0.4 is 0 Å². The molecule has 1 aromatic carbocycles. The van der Waals surface area contributed by atoms with Crippen molar-refractivity contribution < 1.29 is 24.5 Å². The molecule has 2 N–H and O–H groups in total. The van der Waals surface area contributed by atoms with Crippen molar-refractivity contribution in [2.75, 3.05) is 7.11 Å². The van der Waals surface area contributed by atoms with E-state index in [2.05, 4.69) is 5.10 Å². The Balaban J connectivity index is 2.44. The summed E-state index contributed by atoms with van der Waals surface area (Å²) in [6.07, 6.45) is 0. The van der Waals surface area contributed by atoms with Crippen molar-refractivity contribution >= 4 is 11.9 Å². The lowest BCUT2D eigenvalue weighted by atomic mass is 10.2. The molecular formula is C13H12N2O5. The number of aromatic carboxylic acids is 2. The summed E-state index contributed by atoms with van der Waals surface area (Å²) in [5.74, 6) is -2.16. The van der Waals surface area contributed by atoms with Crippen LogP contribution in [0.4, 0.5) is 0 Å². The van der Waals surface area contributed by atoms with Crippen molar-refractivity contribution in [2.24, 2.45) is 0 Å². The number of benzene rings is 1. The summed E-state index contributed by atoms with van der Waals surface area (Å²) >= 11 is 0. The lowest BCUT2D eigenvalue weighted by Crippen LogP contribution is -2.05. The normalized spacial score (nSPS) is 10.4. The van der Waals surface area contributed by atoms with Crippen LogP contribution in [-0.4, -0.2) is 39.0 Å². The number of rotatable bonds is 5. The van der Waals surface area contributed by atoms with Gasteiger partial charge in [-0.2, -0.15) is 5.10 Å². The molecule has 0 saturated heterocycles. The molecule has 104 valence electrons. The molecule has 0 spiro atoms. The van der Waals surface area contributed by atoms with Crippen molar-refractivity contribution in [1.29, 1.82) is 0 Å². The van der Waals surface area contributed by atoms with Crippen LogP contribution in [-0.2, 0) is 11.3 Å². The molecule has 1 aromatic heterocycles. The first-order valence-corrected chi connectivity index (χ1v) is 5.68. The SMILES string of the molecule is COCc1cc(C(=O)O)nn1-c1ccc(C(=O)O)cc1. The molecule has 0 aliphatic rings. The van der Waals surface area contributed by atoms with E-state index in [1.807, 2.05) is 0 Å². The van der Waals surface area contributed by atoms with E-state index < -0.39 is 11.9 Å². The quantitative estimate of drug-likeness (QED) is 0.856. The van der Waals surface area contributed by atoms with E-state index in [-0.39, 0.29) is 17.9 Å². The number of nitrogens with zero attached hydrogens (tertiary/aromatic N) is 2. The number of ether oxygens (including phenoxy) is 1. The van der Waals surface area contributed by atoms with Crippen LogP contribution in [0.2, 0.25) is 0 Å². The van der Waals surface area contributed by atoms with E-state index in [4.69, 9.17) is 14.9 Å². The molecule has 2 rings (SSSR count). The highest BCUT2D eigenvalue weighted by atomic mass is 16.5. The van der Waals surface area contributed by atoms with E-state index in [1.165, 1.54) is 30.0 Å². The van der Waals surface area contributed by atoms with Gasteiger partial charge in [0.1, 0.15) is 0 Å². The third kappa shape index (κ3) is 2.67.